The van der Waals surface area contributed by atoms with Gasteiger partial charge in [-0.3, -0.25) is 0 Å². The van der Waals surface area contributed by atoms with E-state index in [0.29, 0.717) is 11.9 Å². The topological polar surface area (TPSA) is 45.4 Å². The van der Waals surface area contributed by atoms with Crippen molar-refractivity contribution in [2.24, 2.45) is 0 Å². The highest BCUT2D eigenvalue weighted by molar-refractivity contribution is 7.99. The molecule has 98 valence electrons. The van der Waals surface area contributed by atoms with Gasteiger partial charge in [-0.25, -0.2) is 0 Å². The summed E-state index contributed by atoms with van der Waals surface area (Å²) in [5.41, 5.74) is 5.89. The average molecular weight is 274 g/mol. The Kier molecular flexibility index (Phi) is 5.55. The molecule has 0 fully saturated rings. The van der Waals surface area contributed by atoms with Gasteiger partial charge in [0.2, 0.25) is 0 Å². The highest BCUT2D eigenvalue weighted by Crippen LogP contribution is 2.38. The van der Waals surface area contributed by atoms with Gasteiger partial charge in [0.05, 0.1) is 4.90 Å². The van der Waals surface area contributed by atoms with Crippen LogP contribution in [-0.2, 0) is 0 Å². The zero-order chi connectivity index (χ0) is 13.0. The maximum Gasteiger partial charge on any atom is 0.153 e. The Morgan fingerprint density at radius 2 is 2.12 bits per heavy atom. The van der Waals surface area contributed by atoms with E-state index in [1.165, 1.54) is 16.5 Å². The van der Waals surface area contributed by atoms with Crippen LogP contribution >= 0.6 is 23.3 Å². The molecule has 0 aromatic carbocycles. The summed E-state index contributed by atoms with van der Waals surface area (Å²) in [6.07, 6.45) is 2.05. The van der Waals surface area contributed by atoms with Crippen molar-refractivity contribution in [3.63, 3.8) is 0 Å². The lowest BCUT2D eigenvalue weighted by atomic mass is 10.2. The molecular weight excluding hydrogens is 252 g/mol. The van der Waals surface area contributed by atoms with Crippen LogP contribution in [0.3, 0.4) is 0 Å². The third-order valence-electron chi connectivity index (χ3n) is 2.62. The van der Waals surface area contributed by atoms with Crippen LogP contribution in [0.25, 0.3) is 0 Å². The standard InChI is InChI=1S/C11H22N4S2/c1-6-15(8(2)7-14(3)4)11-9(16-5)10(12)13-17-11/h8H,6-7H2,1-5H3,(H2,12,13). The number of hydrogen-bond donors (Lipinski definition) is 1. The van der Waals surface area contributed by atoms with Gasteiger partial charge in [-0.15, -0.1) is 11.8 Å². The molecule has 0 bridgehead atoms. The summed E-state index contributed by atoms with van der Waals surface area (Å²) >= 11 is 3.18. The van der Waals surface area contributed by atoms with E-state index in [9.17, 15) is 0 Å². The van der Waals surface area contributed by atoms with E-state index < -0.39 is 0 Å². The molecule has 0 aliphatic rings. The summed E-state index contributed by atoms with van der Waals surface area (Å²) in [6, 6.07) is 0.459. The lowest BCUT2D eigenvalue weighted by Crippen LogP contribution is -2.39. The smallest absolute Gasteiger partial charge is 0.153 e. The van der Waals surface area contributed by atoms with Gasteiger partial charge >= 0.3 is 0 Å². The summed E-state index contributed by atoms with van der Waals surface area (Å²) in [6.45, 7) is 6.42. The first-order valence-electron chi connectivity index (χ1n) is 5.71. The van der Waals surface area contributed by atoms with Gasteiger partial charge in [-0.1, -0.05) is 0 Å². The van der Waals surface area contributed by atoms with Gasteiger partial charge in [0.25, 0.3) is 0 Å². The zero-order valence-electron chi connectivity index (χ0n) is 11.2. The van der Waals surface area contributed by atoms with Gasteiger partial charge in [0.1, 0.15) is 5.00 Å². The zero-order valence-corrected chi connectivity index (χ0v) is 12.9. The molecule has 1 atom stereocenters. The Morgan fingerprint density at radius 1 is 1.47 bits per heavy atom. The molecular formula is C11H22N4S2. The van der Waals surface area contributed by atoms with E-state index in [0.717, 1.165) is 18.0 Å². The van der Waals surface area contributed by atoms with Crippen molar-refractivity contribution in [3.05, 3.63) is 0 Å². The molecule has 1 heterocycles. The second-order valence-electron chi connectivity index (χ2n) is 4.30. The van der Waals surface area contributed by atoms with Crippen molar-refractivity contribution in [1.82, 2.24) is 9.27 Å². The molecule has 0 saturated carbocycles. The van der Waals surface area contributed by atoms with Crippen LogP contribution in [0.15, 0.2) is 4.90 Å². The first-order valence-corrected chi connectivity index (χ1v) is 7.71. The predicted octanol–water partition coefficient (Wildman–Crippen LogP) is 2.22. The van der Waals surface area contributed by atoms with Crippen LogP contribution in [0.4, 0.5) is 10.8 Å². The third kappa shape index (κ3) is 3.50. The lowest BCUT2D eigenvalue weighted by molar-refractivity contribution is 0.373. The van der Waals surface area contributed by atoms with Crippen molar-refractivity contribution in [2.45, 2.75) is 24.8 Å². The molecule has 4 nitrogen and oxygen atoms in total. The van der Waals surface area contributed by atoms with Crippen LogP contribution in [0.2, 0.25) is 0 Å². The molecule has 1 rings (SSSR count). The molecule has 17 heavy (non-hydrogen) atoms. The second kappa shape index (κ2) is 6.47. The van der Waals surface area contributed by atoms with Crippen molar-refractivity contribution >= 4 is 34.1 Å². The number of nitrogens with zero attached hydrogens (tertiary/aromatic N) is 3. The summed E-state index contributed by atoms with van der Waals surface area (Å²) in [5.74, 6) is 0.660. The minimum Gasteiger partial charge on any atom is -0.382 e. The van der Waals surface area contributed by atoms with Crippen LogP contribution in [0.1, 0.15) is 13.8 Å². The average Bonchev–Trinajstić information content (AvgIpc) is 2.60. The highest BCUT2D eigenvalue weighted by Gasteiger charge is 2.20. The maximum absolute atomic E-state index is 5.89. The van der Waals surface area contributed by atoms with E-state index in [-0.39, 0.29) is 0 Å². The normalized spacial score (nSPS) is 13.1. The quantitative estimate of drug-likeness (QED) is 0.806. The fourth-order valence-electron chi connectivity index (χ4n) is 1.94. The number of hydrogen-bond acceptors (Lipinski definition) is 6. The Bertz CT molecular complexity index is 351. The van der Waals surface area contributed by atoms with E-state index in [4.69, 9.17) is 5.73 Å². The van der Waals surface area contributed by atoms with Gasteiger partial charge in [0.15, 0.2) is 5.82 Å². The number of nitrogens with two attached hydrogens (primary N) is 1. The molecule has 2 N–H and O–H groups in total. The van der Waals surface area contributed by atoms with E-state index in [2.05, 4.69) is 42.1 Å². The molecule has 1 unspecified atom stereocenters. The first-order chi connectivity index (χ1) is 8.01. The van der Waals surface area contributed by atoms with Crippen LogP contribution in [0, 0.1) is 0 Å². The van der Waals surface area contributed by atoms with Crippen molar-refractivity contribution in [3.8, 4) is 0 Å². The maximum atomic E-state index is 5.89. The van der Waals surface area contributed by atoms with E-state index in [1.54, 1.807) is 11.8 Å². The fraction of sp³-hybridized carbons (Fsp3) is 0.727. The molecule has 0 saturated heterocycles. The van der Waals surface area contributed by atoms with Crippen LogP contribution in [-0.4, -0.2) is 48.8 Å². The molecule has 1 aromatic rings. The Labute approximate surface area is 112 Å². The number of nitrogen functional groups attached to an aromatic ring is 1. The number of rotatable bonds is 6. The second-order valence-corrected chi connectivity index (χ2v) is 5.87. The summed E-state index contributed by atoms with van der Waals surface area (Å²) in [7, 11) is 4.20. The number of aromatic nitrogens is 1. The fourth-order valence-corrected chi connectivity index (χ4v) is 3.79. The first kappa shape index (κ1) is 14.6. The van der Waals surface area contributed by atoms with Crippen LogP contribution < -0.4 is 10.6 Å². The Hall–Kier alpha value is -0.460. The predicted molar refractivity (Wildman–Crippen MR) is 79.3 cm³/mol. The molecule has 0 radical (unpaired) electrons. The molecule has 0 aliphatic carbocycles. The van der Waals surface area contributed by atoms with Crippen molar-refractivity contribution < 1.29 is 0 Å². The summed E-state index contributed by atoms with van der Waals surface area (Å²) in [5, 5.41) is 1.20. The number of anilines is 2. The Morgan fingerprint density at radius 3 is 2.59 bits per heavy atom. The summed E-state index contributed by atoms with van der Waals surface area (Å²) < 4.78 is 4.26. The minimum atomic E-state index is 0.459. The molecule has 6 heteroatoms. The summed E-state index contributed by atoms with van der Waals surface area (Å²) in [4.78, 5) is 5.69. The third-order valence-corrected chi connectivity index (χ3v) is 4.46. The highest BCUT2D eigenvalue weighted by atomic mass is 32.2. The van der Waals surface area contributed by atoms with Gasteiger partial charge < -0.3 is 15.5 Å². The van der Waals surface area contributed by atoms with Gasteiger partial charge in [0, 0.05) is 19.1 Å². The van der Waals surface area contributed by atoms with Crippen molar-refractivity contribution in [1.29, 1.82) is 0 Å². The largest absolute Gasteiger partial charge is 0.382 e. The Balaban J connectivity index is 2.92. The molecule has 0 spiro atoms. The molecule has 0 aliphatic heterocycles. The van der Waals surface area contributed by atoms with Gasteiger partial charge in [-0.05, 0) is 45.7 Å². The lowest BCUT2D eigenvalue weighted by Gasteiger charge is -2.31. The SMILES string of the molecule is CCN(c1snc(N)c1SC)C(C)CN(C)C. The van der Waals surface area contributed by atoms with E-state index in [1.807, 2.05) is 6.26 Å². The van der Waals surface area contributed by atoms with Gasteiger partial charge in [-0.2, -0.15) is 4.37 Å². The van der Waals surface area contributed by atoms with Crippen LogP contribution in [0.5, 0.6) is 0 Å². The molecule has 1 aromatic heterocycles. The minimum absolute atomic E-state index is 0.459. The number of likely N-dealkylation sites (N-methyl/N-ethyl adjacent to an activating group) is 2. The van der Waals surface area contributed by atoms with Crippen molar-refractivity contribution in [2.75, 3.05) is 44.1 Å². The monoisotopic (exact) mass is 274 g/mol. The number of thioether (sulfide) groups is 1. The molecule has 0 amide bonds. The van der Waals surface area contributed by atoms with E-state index >= 15 is 0 Å².